The summed E-state index contributed by atoms with van der Waals surface area (Å²) in [4.78, 5) is 10.2. The summed E-state index contributed by atoms with van der Waals surface area (Å²) in [5.41, 5.74) is 0.653. The first-order chi connectivity index (χ1) is 8.06. The van der Waals surface area contributed by atoms with Crippen molar-refractivity contribution >= 4 is 5.69 Å². The third-order valence-corrected chi connectivity index (χ3v) is 2.28. The van der Waals surface area contributed by atoms with Crippen LogP contribution in [0.5, 0.6) is 11.5 Å². The maximum absolute atomic E-state index is 10.6. The van der Waals surface area contributed by atoms with Gasteiger partial charge in [0.25, 0.3) is 5.69 Å². The number of nitrogens with zero attached hydrogens (tertiary/aromatic N) is 3. The highest BCUT2D eigenvalue weighted by molar-refractivity contribution is 5.45. The van der Waals surface area contributed by atoms with Crippen LogP contribution in [-0.2, 0) is 7.05 Å². The maximum Gasteiger partial charge on any atom is 0.272 e. The Kier molecular flexibility index (Phi) is 2.78. The van der Waals surface area contributed by atoms with Gasteiger partial charge in [-0.1, -0.05) is 0 Å². The molecule has 0 amide bonds. The second kappa shape index (κ2) is 4.25. The molecule has 2 rings (SSSR count). The van der Waals surface area contributed by atoms with Gasteiger partial charge >= 0.3 is 0 Å². The van der Waals surface area contributed by atoms with Crippen molar-refractivity contribution in [3.8, 4) is 11.5 Å². The van der Waals surface area contributed by atoms with Gasteiger partial charge in [-0.2, -0.15) is 5.10 Å². The standard InChI is InChI=1S/C11H11N3O3/c1-8-5-9(3-4-11(8)14(15)16)17-10-6-12-13(2)7-10/h3-7H,1-2H3. The van der Waals surface area contributed by atoms with E-state index >= 15 is 0 Å². The lowest BCUT2D eigenvalue weighted by atomic mass is 10.2. The van der Waals surface area contributed by atoms with E-state index < -0.39 is 4.92 Å². The van der Waals surface area contributed by atoms with Crippen LogP contribution in [0.15, 0.2) is 30.6 Å². The van der Waals surface area contributed by atoms with Crippen molar-refractivity contribution in [2.24, 2.45) is 7.05 Å². The number of nitro benzene ring substituents is 1. The zero-order chi connectivity index (χ0) is 12.4. The molecule has 6 heteroatoms. The molecular weight excluding hydrogens is 222 g/mol. The molecule has 0 unspecified atom stereocenters. The first-order valence-electron chi connectivity index (χ1n) is 4.98. The van der Waals surface area contributed by atoms with Crippen LogP contribution in [0, 0.1) is 17.0 Å². The second-order valence-corrected chi connectivity index (χ2v) is 3.66. The molecule has 0 radical (unpaired) electrons. The quantitative estimate of drug-likeness (QED) is 0.603. The lowest BCUT2D eigenvalue weighted by molar-refractivity contribution is -0.385. The molecule has 6 nitrogen and oxygen atoms in total. The molecule has 0 aliphatic rings. The summed E-state index contributed by atoms with van der Waals surface area (Å²) in [5.74, 6) is 1.15. The molecule has 0 fully saturated rings. The van der Waals surface area contributed by atoms with Gasteiger partial charge in [0.05, 0.1) is 17.3 Å². The summed E-state index contributed by atoms with van der Waals surface area (Å²) in [6.07, 6.45) is 3.30. The first-order valence-corrected chi connectivity index (χ1v) is 4.98. The normalized spacial score (nSPS) is 10.2. The summed E-state index contributed by atoms with van der Waals surface area (Å²) in [6, 6.07) is 4.63. The number of aryl methyl sites for hydroxylation is 2. The van der Waals surface area contributed by atoms with Crippen molar-refractivity contribution in [3.63, 3.8) is 0 Å². The smallest absolute Gasteiger partial charge is 0.272 e. The average Bonchev–Trinajstić information content (AvgIpc) is 2.63. The number of ether oxygens (including phenoxy) is 1. The number of hydrogen-bond donors (Lipinski definition) is 0. The van der Waals surface area contributed by atoms with E-state index in [2.05, 4.69) is 5.10 Å². The summed E-state index contributed by atoms with van der Waals surface area (Å²) in [5, 5.41) is 14.6. The van der Waals surface area contributed by atoms with Crippen LogP contribution < -0.4 is 4.74 Å². The van der Waals surface area contributed by atoms with E-state index in [9.17, 15) is 10.1 Å². The van der Waals surface area contributed by atoms with Crippen molar-refractivity contribution in [1.82, 2.24) is 9.78 Å². The number of benzene rings is 1. The number of rotatable bonds is 3. The highest BCUT2D eigenvalue weighted by Crippen LogP contribution is 2.26. The molecule has 0 aliphatic carbocycles. The molecule has 2 aromatic rings. The Bertz CT molecular complexity index is 563. The Labute approximate surface area is 97.6 Å². The van der Waals surface area contributed by atoms with Crippen molar-refractivity contribution < 1.29 is 9.66 Å². The predicted octanol–water partition coefficient (Wildman–Crippen LogP) is 2.43. The largest absolute Gasteiger partial charge is 0.454 e. The van der Waals surface area contributed by atoms with Crippen molar-refractivity contribution in [3.05, 3.63) is 46.3 Å². The molecule has 17 heavy (non-hydrogen) atoms. The Morgan fingerprint density at radius 1 is 1.41 bits per heavy atom. The number of aromatic nitrogens is 2. The maximum atomic E-state index is 10.6. The summed E-state index contributed by atoms with van der Waals surface area (Å²) in [7, 11) is 1.79. The van der Waals surface area contributed by atoms with Gasteiger partial charge in [-0.05, 0) is 19.1 Å². The molecule has 0 saturated heterocycles. The minimum absolute atomic E-state index is 0.0866. The topological polar surface area (TPSA) is 70.2 Å². The zero-order valence-electron chi connectivity index (χ0n) is 9.45. The lowest BCUT2D eigenvalue weighted by Gasteiger charge is -2.03. The highest BCUT2D eigenvalue weighted by atomic mass is 16.6. The Balaban J connectivity index is 2.23. The van der Waals surface area contributed by atoms with E-state index in [0.29, 0.717) is 17.1 Å². The first kappa shape index (κ1) is 11.1. The van der Waals surface area contributed by atoms with E-state index in [1.165, 1.54) is 6.07 Å². The number of nitro groups is 1. The molecular formula is C11H11N3O3. The SMILES string of the molecule is Cc1cc(Oc2cnn(C)c2)ccc1[N+](=O)[O-]. The van der Waals surface area contributed by atoms with Crippen molar-refractivity contribution in [2.45, 2.75) is 6.92 Å². The molecule has 88 valence electrons. The van der Waals surface area contributed by atoms with E-state index in [0.717, 1.165) is 0 Å². The molecule has 0 spiro atoms. The van der Waals surface area contributed by atoms with Crippen LogP contribution in [0.25, 0.3) is 0 Å². The van der Waals surface area contributed by atoms with Crippen LogP contribution in [0.1, 0.15) is 5.56 Å². The van der Waals surface area contributed by atoms with E-state index in [1.807, 2.05) is 0 Å². The van der Waals surface area contributed by atoms with Gasteiger partial charge in [-0.25, -0.2) is 0 Å². The van der Waals surface area contributed by atoms with Gasteiger partial charge in [0.1, 0.15) is 5.75 Å². The molecule has 0 atom stereocenters. The van der Waals surface area contributed by atoms with Crippen LogP contribution in [0.3, 0.4) is 0 Å². The Morgan fingerprint density at radius 2 is 2.18 bits per heavy atom. The lowest BCUT2D eigenvalue weighted by Crippen LogP contribution is -1.92. The molecule has 0 N–H and O–H groups in total. The Morgan fingerprint density at radius 3 is 2.71 bits per heavy atom. The second-order valence-electron chi connectivity index (χ2n) is 3.66. The third kappa shape index (κ3) is 2.41. The molecule has 0 aliphatic heterocycles. The minimum atomic E-state index is -0.414. The molecule has 1 aromatic heterocycles. The van der Waals surface area contributed by atoms with Gasteiger partial charge in [0, 0.05) is 18.7 Å². The predicted molar refractivity (Wildman–Crippen MR) is 61.1 cm³/mol. The van der Waals surface area contributed by atoms with Crippen molar-refractivity contribution in [1.29, 1.82) is 0 Å². The number of hydrogen-bond acceptors (Lipinski definition) is 4. The van der Waals surface area contributed by atoms with Gasteiger partial charge in [-0.3, -0.25) is 14.8 Å². The van der Waals surface area contributed by atoms with E-state index in [4.69, 9.17) is 4.74 Å². The Hall–Kier alpha value is -2.37. The fourth-order valence-electron chi connectivity index (χ4n) is 1.48. The third-order valence-electron chi connectivity index (χ3n) is 2.28. The minimum Gasteiger partial charge on any atom is -0.454 e. The summed E-state index contributed by atoms with van der Waals surface area (Å²) < 4.78 is 7.13. The van der Waals surface area contributed by atoms with Gasteiger partial charge < -0.3 is 4.74 Å². The van der Waals surface area contributed by atoms with Crippen LogP contribution in [-0.4, -0.2) is 14.7 Å². The highest BCUT2D eigenvalue weighted by Gasteiger charge is 2.11. The molecule has 1 heterocycles. The van der Waals surface area contributed by atoms with E-state index in [-0.39, 0.29) is 5.69 Å². The van der Waals surface area contributed by atoms with Gasteiger partial charge in [0.2, 0.25) is 0 Å². The average molecular weight is 233 g/mol. The van der Waals surface area contributed by atoms with Gasteiger partial charge in [0.15, 0.2) is 5.75 Å². The zero-order valence-corrected chi connectivity index (χ0v) is 9.45. The van der Waals surface area contributed by atoms with Crippen molar-refractivity contribution in [2.75, 3.05) is 0 Å². The van der Waals surface area contributed by atoms with Gasteiger partial charge in [-0.15, -0.1) is 0 Å². The summed E-state index contributed by atoms with van der Waals surface area (Å²) >= 11 is 0. The van der Waals surface area contributed by atoms with Crippen LogP contribution in [0.4, 0.5) is 5.69 Å². The molecule has 0 saturated carbocycles. The van der Waals surface area contributed by atoms with Crippen LogP contribution in [0.2, 0.25) is 0 Å². The fourth-order valence-corrected chi connectivity index (χ4v) is 1.48. The van der Waals surface area contributed by atoms with Crippen LogP contribution >= 0.6 is 0 Å². The molecule has 1 aromatic carbocycles. The molecule has 0 bridgehead atoms. The summed E-state index contributed by atoms with van der Waals surface area (Å²) in [6.45, 7) is 1.67. The monoisotopic (exact) mass is 233 g/mol. The fraction of sp³-hybridized carbons (Fsp3) is 0.182. The van der Waals surface area contributed by atoms with E-state index in [1.54, 1.807) is 43.2 Å².